The first-order valence-corrected chi connectivity index (χ1v) is 19.1. The van der Waals surface area contributed by atoms with Crippen molar-refractivity contribution in [1.29, 1.82) is 0 Å². The van der Waals surface area contributed by atoms with Crippen LogP contribution in [0.25, 0.3) is 76.9 Å². The average molecular weight is 704 g/mol. The molecule has 0 amide bonds. The number of nitrogens with zero attached hydrogens (tertiary/aromatic N) is 1. The standard InChI is InChI=1S/C53H37NO/c1-53(2)47-22-9-7-19-43(47)44-31-28-37(33-48(44)53)41-17-8-10-23-49(41)54(38-29-25-36(26-30-38)40-20-11-15-34-13-3-5-16-39(34)40)50-24-12-21-45-46-32-27-35-14-4-6-18-42(35)51(46)55-52(45)50/h3-33H,1-2H3. The predicted molar refractivity (Wildman–Crippen MR) is 232 cm³/mol. The lowest BCUT2D eigenvalue weighted by Crippen LogP contribution is -2.15. The van der Waals surface area contributed by atoms with E-state index in [-0.39, 0.29) is 5.41 Å². The van der Waals surface area contributed by atoms with E-state index < -0.39 is 0 Å². The number of fused-ring (bicyclic) bond motifs is 9. The van der Waals surface area contributed by atoms with Crippen LogP contribution in [0.4, 0.5) is 17.1 Å². The lowest BCUT2D eigenvalue weighted by Gasteiger charge is -2.28. The molecule has 0 saturated heterocycles. The molecule has 0 N–H and O–H groups in total. The minimum atomic E-state index is -0.101. The van der Waals surface area contributed by atoms with Gasteiger partial charge >= 0.3 is 0 Å². The number of furan rings is 1. The van der Waals surface area contributed by atoms with Crippen molar-refractivity contribution in [3.05, 3.63) is 199 Å². The summed E-state index contributed by atoms with van der Waals surface area (Å²) in [6, 6.07) is 68.3. The Balaban J connectivity index is 1.13. The number of hydrogen-bond donors (Lipinski definition) is 0. The lowest BCUT2D eigenvalue weighted by molar-refractivity contribution is 0.660. The quantitative estimate of drug-likeness (QED) is 0.177. The molecule has 0 saturated carbocycles. The zero-order chi connectivity index (χ0) is 36.7. The predicted octanol–water partition coefficient (Wildman–Crippen LogP) is 15.0. The summed E-state index contributed by atoms with van der Waals surface area (Å²) in [5.74, 6) is 0. The van der Waals surface area contributed by atoms with Crippen molar-refractivity contribution in [3.63, 3.8) is 0 Å². The van der Waals surface area contributed by atoms with Gasteiger partial charge in [0.2, 0.25) is 0 Å². The van der Waals surface area contributed by atoms with Crippen molar-refractivity contribution in [2.24, 2.45) is 0 Å². The fourth-order valence-corrected chi connectivity index (χ4v) is 9.15. The summed E-state index contributed by atoms with van der Waals surface area (Å²) in [7, 11) is 0. The average Bonchev–Trinajstić information content (AvgIpc) is 3.74. The van der Waals surface area contributed by atoms with Crippen LogP contribution in [0, 0.1) is 0 Å². The van der Waals surface area contributed by atoms with Gasteiger partial charge in [-0.05, 0) is 91.5 Å². The van der Waals surface area contributed by atoms with Crippen LogP contribution in [0.5, 0.6) is 0 Å². The Morgan fingerprint density at radius 1 is 0.382 bits per heavy atom. The van der Waals surface area contributed by atoms with Crippen LogP contribution in [0.2, 0.25) is 0 Å². The zero-order valence-corrected chi connectivity index (χ0v) is 30.8. The number of hydrogen-bond acceptors (Lipinski definition) is 2. The highest BCUT2D eigenvalue weighted by Crippen LogP contribution is 2.51. The number of para-hydroxylation sites is 2. The summed E-state index contributed by atoms with van der Waals surface area (Å²) in [6.45, 7) is 4.70. The van der Waals surface area contributed by atoms with Gasteiger partial charge in [-0.2, -0.15) is 0 Å². The molecule has 11 rings (SSSR count). The Morgan fingerprint density at radius 3 is 1.82 bits per heavy atom. The highest BCUT2D eigenvalue weighted by atomic mass is 16.3. The Labute approximate surface area is 320 Å². The van der Waals surface area contributed by atoms with Gasteiger partial charge in [-0.25, -0.2) is 0 Å². The zero-order valence-electron chi connectivity index (χ0n) is 30.8. The van der Waals surface area contributed by atoms with Crippen molar-refractivity contribution in [1.82, 2.24) is 0 Å². The van der Waals surface area contributed by atoms with Crippen molar-refractivity contribution in [2.75, 3.05) is 4.90 Å². The number of anilines is 3. The van der Waals surface area contributed by atoms with Crippen molar-refractivity contribution in [3.8, 4) is 33.4 Å². The maximum atomic E-state index is 6.99. The van der Waals surface area contributed by atoms with Crippen LogP contribution in [-0.4, -0.2) is 0 Å². The number of rotatable bonds is 5. The Morgan fingerprint density at radius 2 is 0.964 bits per heavy atom. The molecule has 1 aromatic heterocycles. The van der Waals surface area contributed by atoms with E-state index in [0.29, 0.717) is 0 Å². The molecule has 0 spiro atoms. The Hall–Kier alpha value is -6.90. The molecule has 0 bridgehead atoms. The largest absolute Gasteiger partial charge is 0.453 e. The molecule has 0 unspecified atom stereocenters. The molecule has 1 aliphatic carbocycles. The molecule has 0 aliphatic heterocycles. The maximum Gasteiger partial charge on any atom is 0.159 e. The third-order valence-corrected chi connectivity index (χ3v) is 11.9. The molecule has 0 radical (unpaired) electrons. The van der Waals surface area contributed by atoms with Crippen molar-refractivity contribution < 1.29 is 4.42 Å². The van der Waals surface area contributed by atoms with Gasteiger partial charge in [0.25, 0.3) is 0 Å². The monoisotopic (exact) mass is 703 g/mol. The van der Waals surface area contributed by atoms with Gasteiger partial charge in [0.15, 0.2) is 5.58 Å². The van der Waals surface area contributed by atoms with E-state index >= 15 is 0 Å². The van der Waals surface area contributed by atoms with Crippen molar-refractivity contribution in [2.45, 2.75) is 19.3 Å². The first kappa shape index (κ1) is 31.6. The molecular formula is C53H37NO. The van der Waals surface area contributed by atoms with E-state index in [1.54, 1.807) is 0 Å². The normalized spacial score (nSPS) is 13.1. The van der Waals surface area contributed by atoms with E-state index in [1.165, 1.54) is 55.1 Å². The summed E-state index contributed by atoms with van der Waals surface area (Å²) < 4.78 is 6.99. The summed E-state index contributed by atoms with van der Waals surface area (Å²) in [5, 5.41) is 7.00. The molecule has 1 heterocycles. The summed E-state index contributed by atoms with van der Waals surface area (Å²) in [4.78, 5) is 2.39. The third kappa shape index (κ3) is 4.81. The van der Waals surface area contributed by atoms with Crippen LogP contribution in [0.15, 0.2) is 192 Å². The minimum Gasteiger partial charge on any atom is -0.453 e. The fourth-order valence-electron chi connectivity index (χ4n) is 9.15. The molecule has 2 nitrogen and oxygen atoms in total. The molecule has 1 aliphatic rings. The third-order valence-electron chi connectivity index (χ3n) is 11.9. The van der Waals surface area contributed by atoms with Crippen LogP contribution < -0.4 is 4.90 Å². The van der Waals surface area contributed by atoms with Crippen LogP contribution in [0.1, 0.15) is 25.0 Å². The Kier molecular flexibility index (Phi) is 6.93. The van der Waals surface area contributed by atoms with Crippen molar-refractivity contribution >= 4 is 60.5 Å². The van der Waals surface area contributed by atoms with E-state index in [1.807, 2.05) is 0 Å². The molecule has 10 aromatic rings. The second kappa shape index (κ2) is 12.1. The molecule has 9 aromatic carbocycles. The van der Waals surface area contributed by atoms with E-state index in [0.717, 1.165) is 50.0 Å². The van der Waals surface area contributed by atoms with Gasteiger partial charge in [0.05, 0.1) is 11.4 Å². The van der Waals surface area contributed by atoms with Gasteiger partial charge < -0.3 is 9.32 Å². The summed E-state index contributed by atoms with van der Waals surface area (Å²) in [5.41, 5.74) is 15.0. The Bertz CT molecular complexity index is 3120. The van der Waals surface area contributed by atoms with Gasteiger partial charge in [-0.3, -0.25) is 0 Å². The second-order valence-corrected chi connectivity index (χ2v) is 15.3. The second-order valence-electron chi connectivity index (χ2n) is 15.3. The van der Waals surface area contributed by atoms with Gasteiger partial charge in [0.1, 0.15) is 5.58 Å². The molecule has 55 heavy (non-hydrogen) atoms. The smallest absolute Gasteiger partial charge is 0.159 e. The maximum absolute atomic E-state index is 6.99. The first-order valence-electron chi connectivity index (χ1n) is 19.1. The molecule has 2 heteroatoms. The summed E-state index contributed by atoms with van der Waals surface area (Å²) in [6.07, 6.45) is 0. The van der Waals surface area contributed by atoms with E-state index in [4.69, 9.17) is 4.42 Å². The van der Waals surface area contributed by atoms with E-state index in [2.05, 4.69) is 207 Å². The fraction of sp³-hybridized carbons (Fsp3) is 0.0566. The molecular weight excluding hydrogens is 667 g/mol. The highest BCUT2D eigenvalue weighted by molar-refractivity contribution is 6.17. The minimum absolute atomic E-state index is 0.101. The first-order chi connectivity index (χ1) is 27.0. The van der Waals surface area contributed by atoms with Gasteiger partial charge in [-0.15, -0.1) is 0 Å². The molecule has 260 valence electrons. The SMILES string of the molecule is CC1(C)c2ccccc2-c2ccc(-c3ccccc3N(c3ccc(-c4cccc5ccccc45)cc3)c3cccc4c3oc3c5ccccc5ccc43)cc21. The molecule has 0 atom stereocenters. The van der Waals surface area contributed by atoms with Crippen LogP contribution in [-0.2, 0) is 5.41 Å². The number of benzene rings is 9. The topological polar surface area (TPSA) is 16.4 Å². The highest BCUT2D eigenvalue weighted by Gasteiger charge is 2.35. The van der Waals surface area contributed by atoms with Crippen LogP contribution >= 0.6 is 0 Å². The lowest BCUT2D eigenvalue weighted by atomic mass is 9.81. The molecule has 0 fully saturated rings. The summed E-state index contributed by atoms with van der Waals surface area (Å²) >= 11 is 0. The van der Waals surface area contributed by atoms with Gasteiger partial charge in [0, 0.05) is 32.8 Å². The van der Waals surface area contributed by atoms with Gasteiger partial charge in [-0.1, -0.05) is 166 Å². The van der Waals surface area contributed by atoms with Crippen LogP contribution in [0.3, 0.4) is 0 Å². The van der Waals surface area contributed by atoms with E-state index in [9.17, 15) is 0 Å².